The Balaban J connectivity index is 1.62. The molecule has 0 spiro atoms. The highest BCUT2D eigenvalue weighted by atomic mass is 35.5. The molecule has 1 aliphatic heterocycles. The molecule has 0 saturated heterocycles. The fraction of sp³-hybridized carbons (Fsp3) is 0.118. The van der Waals surface area contributed by atoms with Gasteiger partial charge in [-0.3, -0.25) is 4.90 Å². The lowest BCUT2D eigenvalue weighted by Crippen LogP contribution is -2.35. The summed E-state index contributed by atoms with van der Waals surface area (Å²) in [6.45, 7) is 0.410. The van der Waals surface area contributed by atoms with Gasteiger partial charge in [-0.15, -0.1) is 0 Å². The minimum absolute atomic E-state index is 0.160. The Morgan fingerprint density at radius 1 is 1.04 bits per heavy atom. The molecule has 3 aromatic rings. The van der Waals surface area contributed by atoms with E-state index in [9.17, 15) is 14.0 Å². The van der Waals surface area contributed by atoms with Gasteiger partial charge in [-0.2, -0.15) is 9.67 Å². The summed E-state index contributed by atoms with van der Waals surface area (Å²) in [4.78, 5) is 26.4. The molecule has 0 bridgehead atoms. The molecule has 0 aliphatic carbocycles. The number of halogens is 2. The summed E-state index contributed by atoms with van der Waals surface area (Å²) in [6.07, 6.45) is 0. The highest BCUT2D eigenvalue weighted by Crippen LogP contribution is 2.22. The molecule has 8 heteroatoms. The van der Waals surface area contributed by atoms with Crippen molar-refractivity contribution in [3.63, 3.8) is 0 Å². The second-order valence-corrected chi connectivity index (χ2v) is 6.10. The third-order valence-corrected chi connectivity index (χ3v) is 4.26. The lowest BCUT2D eigenvalue weighted by molar-refractivity contribution is 0.250. The molecule has 25 heavy (non-hydrogen) atoms. The van der Waals surface area contributed by atoms with Gasteiger partial charge in [-0.05, 0) is 42.0 Å². The molecule has 2 heterocycles. The molecule has 0 atom stereocenters. The minimum Gasteiger partial charge on any atom is -0.286 e. The lowest BCUT2D eigenvalue weighted by atomic mass is 10.2. The van der Waals surface area contributed by atoms with E-state index in [1.54, 1.807) is 24.3 Å². The van der Waals surface area contributed by atoms with Crippen LogP contribution in [0.4, 0.5) is 14.9 Å². The summed E-state index contributed by atoms with van der Waals surface area (Å²) in [5.74, 6) is -0.0354. The molecule has 6 nitrogen and oxygen atoms in total. The highest BCUT2D eigenvalue weighted by Gasteiger charge is 2.33. The number of anilines is 1. The van der Waals surface area contributed by atoms with Crippen molar-refractivity contribution in [3.8, 4) is 0 Å². The second-order valence-electron chi connectivity index (χ2n) is 5.66. The van der Waals surface area contributed by atoms with Gasteiger partial charge in [-0.1, -0.05) is 23.7 Å². The van der Waals surface area contributed by atoms with Crippen molar-refractivity contribution < 1.29 is 9.18 Å². The van der Waals surface area contributed by atoms with Crippen LogP contribution in [0.15, 0.2) is 53.3 Å². The Kier molecular flexibility index (Phi) is 3.65. The number of amides is 1. The van der Waals surface area contributed by atoms with E-state index in [0.717, 1.165) is 10.1 Å². The zero-order valence-corrected chi connectivity index (χ0v) is 13.7. The van der Waals surface area contributed by atoms with Gasteiger partial charge in [0.2, 0.25) is 0 Å². The first-order valence-electron chi connectivity index (χ1n) is 7.53. The third-order valence-electron chi connectivity index (χ3n) is 4.01. The van der Waals surface area contributed by atoms with E-state index in [0.29, 0.717) is 16.5 Å². The van der Waals surface area contributed by atoms with E-state index in [-0.39, 0.29) is 13.1 Å². The fourth-order valence-electron chi connectivity index (χ4n) is 2.77. The van der Waals surface area contributed by atoms with Crippen LogP contribution < -0.4 is 10.6 Å². The molecule has 0 unspecified atom stereocenters. The zero-order valence-electron chi connectivity index (χ0n) is 12.9. The highest BCUT2D eigenvalue weighted by molar-refractivity contribution is 6.30. The van der Waals surface area contributed by atoms with Gasteiger partial charge in [0.1, 0.15) is 5.82 Å². The van der Waals surface area contributed by atoms with Crippen molar-refractivity contribution in [1.82, 2.24) is 14.3 Å². The summed E-state index contributed by atoms with van der Waals surface area (Å²) in [7, 11) is 0. The van der Waals surface area contributed by atoms with Crippen molar-refractivity contribution in [2.45, 2.75) is 13.1 Å². The number of nitrogens with zero attached hydrogens (tertiary/aromatic N) is 4. The number of fused-ring (bicyclic) bond motifs is 1. The van der Waals surface area contributed by atoms with Crippen molar-refractivity contribution >= 4 is 23.3 Å². The molecule has 1 aromatic heterocycles. The van der Waals surface area contributed by atoms with Gasteiger partial charge in [0.15, 0.2) is 5.82 Å². The topological polar surface area (TPSA) is 60.1 Å². The molecular formula is C17H12ClFN4O2. The average molecular weight is 359 g/mol. The Morgan fingerprint density at radius 3 is 2.36 bits per heavy atom. The number of benzene rings is 2. The van der Waals surface area contributed by atoms with Crippen molar-refractivity contribution in [2.24, 2.45) is 0 Å². The molecule has 0 saturated carbocycles. The molecule has 1 aliphatic rings. The van der Waals surface area contributed by atoms with Crippen molar-refractivity contribution in [1.29, 1.82) is 0 Å². The smallest absolute Gasteiger partial charge is 0.286 e. The van der Waals surface area contributed by atoms with Crippen LogP contribution in [0.25, 0.3) is 0 Å². The number of carbonyl (C=O) groups excluding carboxylic acids is 1. The number of carbonyl (C=O) groups is 1. The van der Waals surface area contributed by atoms with E-state index in [2.05, 4.69) is 5.10 Å². The molecule has 0 N–H and O–H groups in total. The fourth-order valence-corrected chi connectivity index (χ4v) is 2.89. The van der Waals surface area contributed by atoms with Gasteiger partial charge in [0, 0.05) is 10.7 Å². The van der Waals surface area contributed by atoms with Crippen LogP contribution in [0, 0.1) is 5.82 Å². The van der Waals surface area contributed by atoms with E-state index in [1.165, 1.54) is 33.8 Å². The molecule has 0 radical (unpaired) electrons. The van der Waals surface area contributed by atoms with Crippen LogP contribution in [0.2, 0.25) is 5.02 Å². The van der Waals surface area contributed by atoms with Crippen molar-refractivity contribution in [2.75, 3.05) is 4.90 Å². The van der Waals surface area contributed by atoms with Crippen LogP contribution in [0.5, 0.6) is 0 Å². The van der Waals surface area contributed by atoms with Crippen LogP contribution >= 0.6 is 11.6 Å². The van der Waals surface area contributed by atoms with E-state index in [4.69, 9.17) is 11.6 Å². The maximum absolute atomic E-state index is 13.0. The van der Waals surface area contributed by atoms with Gasteiger partial charge >= 0.3 is 11.7 Å². The Bertz CT molecular complexity index is 1010. The van der Waals surface area contributed by atoms with Crippen molar-refractivity contribution in [3.05, 3.63) is 81.2 Å². The number of rotatable bonds is 3. The number of aromatic nitrogens is 3. The van der Waals surface area contributed by atoms with Crippen LogP contribution in [0.1, 0.15) is 11.4 Å². The van der Waals surface area contributed by atoms with Gasteiger partial charge in [0.25, 0.3) is 0 Å². The predicted molar refractivity (Wildman–Crippen MR) is 90.4 cm³/mol. The monoisotopic (exact) mass is 358 g/mol. The van der Waals surface area contributed by atoms with E-state index >= 15 is 0 Å². The molecule has 1 amide bonds. The van der Waals surface area contributed by atoms with E-state index < -0.39 is 17.5 Å². The van der Waals surface area contributed by atoms with Crippen LogP contribution in [0.3, 0.4) is 0 Å². The Hall–Kier alpha value is -2.93. The third kappa shape index (κ3) is 2.72. The molecule has 126 valence electrons. The first kappa shape index (κ1) is 15.6. The minimum atomic E-state index is -0.500. The maximum Gasteiger partial charge on any atom is 0.354 e. The van der Waals surface area contributed by atoms with E-state index in [1.807, 2.05) is 0 Å². The summed E-state index contributed by atoms with van der Waals surface area (Å²) in [5.41, 5.74) is 0.867. The van der Waals surface area contributed by atoms with Gasteiger partial charge < -0.3 is 0 Å². The predicted octanol–water partition coefficient (Wildman–Crippen LogP) is 2.87. The van der Waals surface area contributed by atoms with Crippen LogP contribution in [-0.2, 0) is 13.1 Å². The number of hydrogen-bond acceptors (Lipinski definition) is 3. The largest absolute Gasteiger partial charge is 0.354 e. The lowest BCUT2D eigenvalue weighted by Gasteiger charge is -2.14. The first-order valence-corrected chi connectivity index (χ1v) is 7.91. The second kappa shape index (κ2) is 5.86. The summed E-state index contributed by atoms with van der Waals surface area (Å²) in [5, 5.41) is 4.85. The Labute approximate surface area is 146 Å². The van der Waals surface area contributed by atoms with Gasteiger partial charge in [-0.25, -0.2) is 18.7 Å². The summed E-state index contributed by atoms with van der Waals surface area (Å²) < 4.78 is 15.3. The molecule has 4 rings (SSSR count). The maximum atomic E-state index is 13.0. The normalized spacial score (nSPS) is 13.4. The standard InChI is InChI=1S/C17H12ClFN4O2/c18-12-3-1-11(2-4-12)9-22-17(25)23-15(20-22)10-21(16(23)24)14-7-5-13(19)6-8-14/h1-8H,9-10H2. The SMILES string of the molecule is O=C1N(c2ccc(F)cc2)Cc2nn(Cc3ccc(Cl)cc3)c(=O)n21. The summed E-state index contributed by atoms with van der Waals surface area (Å²) >= 11 is 5.85. The van der Waals surface area contributed by atoms with Crippen LogP contribution in [-0.4, -0.2) is 20.4 Å². The Morgan fingerprint density at radius 2 is 1.72 bits per heavy atom. The number of hydrogen-bond donors (Lipinski definition) is 0. The summed E-state index contributed by atoms with van der Waals surface area (Å²) in [6, 6.07) is 12.1. The molecular weight excluding hydrogens is 347 g/mol. The quantitative estimate of drug-likeness (QED) is 0.723. The first-order chi connectivity index (χ1) is 12.0. The van der Waals surface area contributed by atoms with Gasteiger partial charge in [0.05, 0.1) is 13.1 Å². The molecule has 0 fully saturated rings. The molecule has 2 aromatic carbocycles. The zero-order chi connectivity index (χ0) is 17.6. The average Bonchev–Trinajstić information content (AvgIpc) is 3.08.